The maximum Gasteiger partial charge on any atom is 0.338 e. The first-order valence-corrected chi connectivity index (χ1v) is 35.1. The van der Waals surface area contributed by atoms with Crippen molar-refractivity contribution in [3.8, 4) is 0 Å². The molecule has 0 aromatic rings. The normalized spacial score (nSPS) is 43.6. The number of esters is 8. The number of rotatable bonds is 16. The van der Waals surface area contributed by atoms with E-state index in [9.17, 15) is 38.4 Å². The molecule has 0 aromatic heterocycles. The van der Waals surface area contributed by atoms with Gasteiger partial charge in [0.1, 0.15) is 42.7 Å². The van der Waals surface area contributed by atoms with E-state index in [1.54, 1.807) is 48.5 Å². The second kappa shape index (κ2) is 24.6. The molecule has 10 aliphatic carbocycles. The Labute approximate surface area is 542 Å². The Morgan fingerprint density at radius 3 is 1.60 bits per heavy atom. The molecule has 21 nitrogen and oxygen atoms in total. The third-order valence-electron chi connectivity index (χ3n) is 24.1. The number of hydrogen-bond donors (Lipinski definition) is 0. The lowest BCUT2D eigenvalue weighted by Crippen LogP contribution is -2.63. The van der Waals surface area contributed by atoms with Gasteiger partial charge < -0.3 is 61.6 Å². The Morgan fingerprint density at radius 1 is 0.576 bits per heavy atom. The number of carbonyl (C=O) groups is 8. The zero-order chi connectivity index (χ0) is 66.2. The molecule has 514 valence electrons. The minimum atomic E-state index is -0.852. The average molecular weight is 1290 g/mol. The van der Waals surface area contributed by atoms with Crippen LogP contribution in [0.25, 0.3) is 0 Å². The molecule has 0 amide bonds. The number of carbonyl (C=O) groups excluding carboxylic acids is 8. The molecule has 15 fully saturated rings. The molecule has 10 saturated carbocycles. The fourth-order valence-electron chi connectivity index (χ4n) is 19.9. The minimum absolute atomic E-state index is 0.00783. The number of fused-ring (bicyclic) bond motifs is 5. The van der Waals surface area contributed by atoms with Crippen LogP contribution in [0.5, 0.6) is 0 Å². The van der Waals surface area contributed by atoms with Crippen molar-refractivity contribution in [1.82, 2.24) is 0 Å². The van der Waals surface area contributed by atoms with Crippen molar-refractivity contribution in [2.24, 2.45) is 105 Å². The molecule has 5 aliphatic heterocycles. The highest BCUT2D eigenvalue weighted by atomic mass is 16.9. The van der Waals surface area contributed by atoms with E-state index < -0.39 is 99.9 Å². The summed E-state index contributed by atoms with van der Waals surface area (Å²) in [4.78, 5) is 101. The van der Waals surface area contributed by atoms with Gasteiger partial charge in [-0.1, -0.05) is 20.8 Å². The molecular formula is C71H104O21. The Balaban J connectivity index is 0.000000134. The van der Waals surface area contributed by atoms with E-state index in [4.69, 9.17) is 61.6 Å². The molecule has 15 aliphatic rings. The van der Waals surface area contributed by atoms with Crippen LogP contribution < -0.4 is 0 Å². The van der Waals surface area contributed by atoms with Gasteiger partial charge in [-0.2, -0.15) is 0 Å². The Kier molecular flexibility index (Phi) is 18.0. The molecule has 8 bridgehead atoms. The lowest BCUT2D eigenvalue weighted by molar-refractivity contribution is -0.338. The fourth-order valence-corrected chi connectivity index (χ4v) is 19.9. The monoisotopic (exact) mass is 1290 g/mol. The van der Waals surface area contributed by atoms with Gasteiger partial charge in [0.15, 0.2) is 36.7 Å². The van der Waals surface area contributed by atoms with Crippen LogP contribution in [0.1, 0.15) is 200 Å². The van der Waals surface area contributed by atoms with E-state index in [1.165, 1.54) is 0 Å². The van der Waals surface area contributed by atoms with Gasteiger partial charge in [0.2, 0.25) is 0 Å². The van der Waals surface area contributed by atoms with Crippen LogP contribution in [0.2, 0.25) is 0 Å². The Hall–Kier alpha value is -4.44. The second-order valence-electron chi connectivity index (χ2n) is 33.8. The first kappa shape index (κ1) is 67.5. The molecule has 0 N–H and O–H groups in total. The van der Waals surface area contributed by atoms with Crippen molar-refractivity contribution >= 4 is 47.8 Å². The third kappa shape index (κ3) is 12.0. The predicted molar refractivity (Wildman–Crippen MR) is 324 cm³/mol. The maximum absolute atomic E-state index is 13.1. The topological polar surface area (TPSA) is 257 Å². The lowest BCUT2D eigenvalue weighted by atomic mass is 9.47. The zero-order valence-electron chi connectivity index (χ0n) is 56.9. The summed E-state index contributed by atoms with van der Waals surface area (Å²) in [5, 5.41) is 0. The fraction of sp³-hybridized carbons (Fsp3) is 0.887. The van der Waals surface area contributed by atoms with Crippen LogP contribution in [0.3, 0.4) is 0 Å². The standard InChI is InChI=1S/C26H38O9.C23H34O6.C22H32O6/c1-6-29-13(2)31-19-17-18(32-21(19)27)20-22(33-17)35-26(34-20)15-7-14-8-16(26)11-25(9-14,10-15)12-30-23(28)24(3,4)5;1-12(2)14-7-6-8-16(14)28-19(24)17-13-9-15-18(17)20(25)29-23(15,10-13)11-27-21(26)22(3,4)5;1-5-12-7-6-8-15(12)27-18(23)16-13-9-14-17(16)19(24)28-22(14,10-13)11-26-20(25)21(2,3)4/h13-20,22H,6-12H2,1-5H3;12-18H,6-11H2,1-5H3;12-17H,5-11H2,1-4H3. The molecular weight excluding hydrogens is 1190 g/mol. The van der Waals surface area contributed by atoms with Crippen LogP contribution in [0, 0.1) is 105 Å². The number of ether oxygens (including phenoxy) is 13. The van der Waals surface area contributed by atoms with E-state index >= 15 is 0 Å². The highest BCUT2D eigenvalue weighted by molar-refractivity contribution is 5.88. The summed E-state index contributed by atoms with van der Waals surface area (Å²) in [5.41, 5.74) is -3.21. The van der Waals surface area contributed by atoms with Gasteiger partial charge in [0, 0.05) is 35.7 Å². The second-order valence-corrected chi connectivity index (χ2v) is 33.8. The van der Waals surface area contributed by atoms with Gasteiger partial charge in [-0.15, -0.1) is 0 Å². The largest absolute Gasteiger partial charge is 0.465 e. The molecule has 22 unspecified atom stereocenters. The van der Waals surface area contributed by atoms with Crippen LogP contribution in [-0.4, -0.2) is 140 Å². The summed E-state index contributed by atoms with van der Waals surface area (Å²) in [5.74, 6) is -2.35. The van der Waals surface area contributed by atoms with Gasteiger partial charge >= 0.3 is 47.8 Å². The van der Waals surface area contributed by atoms with Crippen molar-refractivity contribution in [3.63, 3.8) is 0 Å². The van der Waals surface area contributed by atoms with Crippen LogP contribution >= 0.6 is 0 Å². The number of hydrogen-bond acceptors (Lipinski definition) is 21. The summed E-state index contributed by atoms with van der Waals surface area (Å²) < 4.78 is 76.7. The van der Waals surface area contributed by atoms with Gasteiger partial charge in [-0.05, 0) is 214 Å². The zero-order valence-corrected chi connectivity index (χ0v) is 56.9. The molecule has 0 aromatic carbocycles. The lowest BCUT2D eigenvalue weighted by Gasteiger charge is -2.62. The van der Waals surface area contributed by atoms with Gasteiger partial charge in [0.05, 0.1) is 46.5 Å². The van der Waals surface area contributed by atoms with E-state index in [-0.39, 0.29) is 108 Å². The van der Waals surface area contributed by atoms with E-state index in [0.29, 0.717) is 49.7 Å². The highest BCUT2D eigenvalue weighted by Crippen LogP contribution is 2.69. The predicted octanol–water partition coefficient (Wildman–Crippen LogP) is 9.71. The first-order chi connectivity index (χ1) is 43.2. The van der Waals surface area contributed by atoms with Crippen molar-refractivity contribution in [2.75, 3.05) is 26.4 Å². The summed E-state index contributed by atoms with van der Waals surface area (Å²) in [6, 6.07) is 0. The van der Waals surface area contributed by atoms with Gasteiger partial charge in [0.25, 0.3) is 0 Å². The molecule has 1 spiro atoms. The minimum Gasteiger partial charge on any atom is -0.465 e. The highest BCUT2D eigenvalue weighted by Gasteiger charge is 2.75. The maximum atomic E-state index is 13.1. The van der Waals surface area contributed by atoms with E-state index in [0.717, 1.165) is 89.9 Å². The first-order valence-electron chi connectivity index (χ1n) is 35.1. The molecule has 5 heterocycles. The quantitative estimate of drug-likeness (QED) is 0.0791. The van der Waals surface area contributed by atoms with Gasteiger partial charge in [-0.25, -0.2) is 4.79 Å². The third-order valence-corrected chi connectivity index (χ3v) is 24.1. The van der Waals surface area contributed by atoms with E-state index in [1.807, 2.05) is 27.7 Å². The van der Waals surface area contributed by atoms with Crippen molar-refractivity contribution in [1.29, 1.82) is 0 Å². The van der Waals surface area contributed by atoms with Crippen molar-refractivity contribution in [2.45, 2.75) is 266 Å². The van der Waals surface area contributed by atoms with Crippen LogP contribution in [-0.2, 0) is 99.9 Å². The van der Waals surface area contributed by atoms with E-state index in [2.05, 4.69) is 20.8 Å². The molecule has 5 saturated heterocycles. The smallest absolute Gasteiger partial charge is 0.338 e. The SMILES string of the molecule is CC(C)C1CCCC1OC(=O)C1C2CC3C1C(=O)OC3(COC(=O)C(C)(C)C)C2.CCC1CCCC1OC(=O)C1C2CC3C1C(=O)OC3(COC(=O)C(C)(C)C)C2.CCOC(C)OC1C(=O)OC2C3OC4(OC3OC12)C1CC2CC4CC(COC(=O)C(C)(C)C)(C2)C1. The van der Waals surface area contributed by atoms with Crippen LogP contribution in [0.15, 0.2) is 0 Å². The molecule has 0 radical (unpaired) electrons. The van der Waals surface area contributed by atoms with Crippen LogP contribution in [0.4, 0.5) is 0 Å². The molecule has 21 heteroatoms. The summed E-state index contributed by atoms with van der Waals surface area (Å²) in [6.45, 7) is 27.7. The average Bonchev–Trinajstić information content (AvgIpc) is 1.66. The Bertz CT molecular complexity index is 2850. The molecule has 92 heavy (non-hydrogen) atoms. The van der Waals surface area contributed by atoms with Crippen molar-refractivity contribution < 1.29 is 99.9 Å². The summed E-state index contributed by atoms with van der Waals surface area (Å²) >= 11 is 0. The summed E-state index contributed by atoms with van der Waals surface area (Å²) in [6.07, 6.45) is 11.3. The molecule has 15 rings (SSSR count). The Morgan fingerprint density at radius 2 is 1.09 bits per heavy atom. The molecule has 22 atom stereocenters. The van der Waals surface area contributed by atoms with Gasteiger partial charge in [-0.3, -0.25) is 33.6 Å². The van der Waals surface area contributed by atoms with Crippen molar-refractivity contribution in [3.05, 3.63) is 0 Å². The summed E-state index contributed by atoms with van der Waals surface area (Å²) in [7, 11) is 0.